The van der Waals surface area contributed by atoms with Gasteiger partial charge in [0.05, 0.1) is 0 Å². The van der Waals surface area contributed by atoms with E-state index in [-0.39, 0.29) is 37.5 Å². The average Bonchev–Trinajstić information content (AvgIpc) is 3.29. The van der Waals surface area contributed by atoms with Crippen molar-refractivity contribution < 1.29 is 28.6 Å². The smallest absolute Gasteiger partial charge is 0.306 e. The minimum atomic E-state index is -0.816. The van der Waals surface area contributed by atoms with Gasteiger partial charge in [-0.25, -0.2) is 0 Å². The van der Waals surface area contributed by atoms with Crippen LogP contribution in [-0.2, 0) is 28.6 Å². The number of esters is 3. The summed E-state index contributed by atoms with van der Waals surface area (Å²) in [5.41, 5.74) is 0. The largest absolute Gasteiger partial charge is 0.462 e. The first-order valence-electron chi connectivity index (χ1n) is 26.0. The van der Waals surface area contributed by atoms with E-state index in [4.69, 9.17) is 14.2 Å². The van der Waals surface area contributed by atoms with Crippen molar-refractivity contribution in [1.82, 2.24) is 0 Å². The summed E-state index contributed by atoms with van der Waals surface area (Å²) in [5.74, 6) is -0.994. The molecule has 0 aromatic rings. The zero-order valence-electron chi connectivity index (χ0n) is 41.3. The molecule has 0 aliphatic rings. The molecule has 6 heteroatoms. The molecule has 0 saturated heterocycles. The number of hydrogen-bond donors (Lipinski definition) is 0. The van der Waals surface area contributed by atoms with Gasteiger partial charge < -0.3 is 14.2 Å². The van der Waals surface area contributed by atoms with Crippen LogP contribution in [0.15, 0.2) is 109 Å². The highest BCUT2D eigenvalue weighted by Crippen LogP contribution is 2.13. The van der Waals surface area contributed by atoms with E-state index in [1.165, 1.54) is 70.6 Å². The molecule has 0 N–H and O–H groups in total. The van der Waals surface area contributed by atoms with Crippen molar-refractivity contribution in [2.75, 3.05) is 13.2 Å². The number of unbranched alkanes of at least 4 members (excludes halogenated alkanes) is 22. The van der Waals surface area contributed by atoms with Gasteiger partial charge in [0.1, 0.15) is 13.2 Å². The zero-order chi connectivity index (χ0) is 46.5. The summed E-state index contributed by atoms with van der Waals surface area (Å²) in [7, 11) is 0. The molecule has 1 unspecified atom stereocenters. The molecule has 0 radical (unpaired) electrons. The fourth-order valence-electron chi connectivity index (χ4n) is 6.75. The van der Waals surface area contributed by atoms with E-state index in [9.17, 15) is 14.4 Å². The van der Waals surface area contributed by atoms with Crippen LogP contribution in [-0.4, -0.2) is 37.2 Å². The maximum absolute atomic E-state index is 12.8. The Kier molecular flexibility index (Phi) is 48.5. The minimum absolute atomic E-state index is 0.112. The van der Waals surface area contributed by atoms with Crippen molar-refractivity contribution >= 4 is 17.9 Å². The SMILES string of the molecule is CC\C=C/C=C\C=C/C=C\C=C/CCCCCC(=O)OC(COC(=O)CCCCC/C=C\CCCCCCCC)COC(=O)CCCCCCC\C=C/C=C\C=C/CCCCCCC. The first-order valence-corrected chi connectivity index (χ1v) is 26.0. The standard InChI is InChI=1S/C58H94O6/c1-4-7-10-13-16-19-22-25-27-28-29-31-33-36-39-42-45-48-51-57(60)63-54-55(53-62-56(59)50-47-44-41-38-35-32-24-21-18-15-12-9-6-3)64-58(61)52-49-46-43-40-37-34-30-26-23-20-17-14-11-8-5-2/h8,11,14,17,20,22-23,25-32,34-35,37,55H,4-7,9-10,12-13,15-16,18-19,21,24,33,36,38-54H2,1-3H3/b11-8-,17-14-,23-20-,25-22-,28-27-,30-26-,31-29-,35-32-,37-34-. The van der Waals surface area contributed by atoms with E-state index in [1.807, 2.05) is 48.6 Å². The van der Waals surface area contributed by atoms with Crippen LogP contribution in [0, 0.1) is 0 Å². The molecule has 0 bridgehead atoms. The third-order valence-corrected chi connectivity index (χ3v) is 10.7. The summed E-state index contributed by atoms with van der Waals surface area (Å²) >= 11 is 0. The van der Waals surface area contributed by atoms with Gasteiger partial charge in [0.15, 0.2) is 6.10 Å². The number of carbonyl (C=O) groups is 3. The van der Waals surface area contributed by atoms with Crippen LogP contribution < -0.4 is 0 Å². The lowest BCUT2D eigenvalue weighted by Gasteiger charge is -2.18. The molecular formula is C58H94O6. The Balaban J connectivity index is 4.53. The molecule has 64 heavy (non-hydrogen) atoms. The lowest BCUT2D eigenvalue weighted by molar-refractivity contribution is -0.167. The van der Waals surface area contributed by atoms with Gasteiger partial charge in [-0.2, -0.15) is 0 Å². The van der Waals surface area contributed by atoms with Crippen molar-refractivity contribution in [2.45, 2.75) is 226 Å². The Hall–Kier alpha value is -3.93. The highest BCUT2D eigenvalue weighted by Gasteiger charge is 2.19. The van der Waals surface area contributed by atoms with Crippen LogP contribution in [0.4, 0.5) is 0 Å². The number of ether oxygens (including phenoxy) is 3. The minimum Gasteiger partial charge on any atom is -0.462 e. The molecule has 0 heterocycles. The first-order chi connectivity index (χ1) is 31.5. The molecule has 0 amide bonds. The van der Waals surface area contributed by atoms with Gasteiger partial charge >= 0.3 is 17.9 Å². The third-order valence-electron chi connectivity index (χ3n) is 10.7. The van der Waals surface area contributed by atoms with E-state index < -0.39 is 6.10 Å². The van der Waals surface area contributed by atoms with Crippen LogP contribution in [0.25, 0.3) is 0 Å². The number of rotatable bonds is 45. The molecule has 0 rings (SSSR count). The fourth-order valence-corrected chi connectivity index (χ4v) is 6.75. The molecular weight excluding hydrogens is 793 g/mol. The maximum Gasteiger partial charge on any atom is 0.306 e. The molecule has 1 atom stereocenters. The molecule has 0 aliphatic carbocycles. The lowest BCUT2D eigenvalue weighted by atomic mass is 10.1. The molecule has 0 saturated carbocycles. The molecule has 0 fully saturated rings. The highest BCUT2D eigenvalue weighted by atomic mass is 16.6. The van der Waals surface area contributed by atoms with E-state index >= 15 is 0 Å². The Morgan fingerprint density at radius 1 is 0.328 bits per heavy atom. The predicted octanol–water partition coefficient (Wildman–Crippen LogP) is 17.1. The molecule has 0 aromatic carbocycles. The summed E-state index contributed by atoms with van der Waals surface area (Å²) in [6.07, 6.45) is 69.2. The van der Waals surface area contributed by atoms with Crippen LogP contribution >= 0.6 is 0 Å². The van der Waals surface area contributed by atoms with Gasteiger partial charge in [-0.15, -0.1) is 0 Å². The summed E-state index contributed by atoms with van der Waals surface area (Å²) in [6, 6.07) is 0. The number of hydrogen-bond acceptors (Lipinski definition) is 6. The van der Waals surface area contributed by atoms with Crippen LogP contribution in [0.1, 0.15) is 220 Å². The maximum atomic E-state index is 12.8. The normalized spacial score (nSPS) is 13.0. The second kappa shape index (κ2) is 51.7. The summed E-state index contributed by atoms with van der Waals surface area (Å²) in [4.78, 5) is 38.0. The van der Waals surface area contributed by atoms with Gasteiger partial charge in [0, 0.05) is 19.3 Å². The monoisotopic (exact) mass is 887 g/mol. The van der Waals surface area contributed by atoms with E-state index in [0.717, 1.165) is 103 Å². The Bertz CT molecular complexity index is 1340. The number of carbonyl (C=O) groups excluding carboxylic acids is 3. The van der Waals surface area contributed by atoms with Gasteiger partial charge in [-0.05, 0) is 89.9 Å². The zero-order valence-corrected chi connectivity index (χ0v) is 41.3. The summed E-state index contributed by atoms with van der Waals surface area (Å²) in [5, 5.41) is 0. The first kappa shape index (κ1) is 60.1. The van der Waals surface area contributed by atoms with Crippen molar-refractivity contribution in [3.63, 3.8) is 0 Å². The topological polar surface area (TPSA) is 78.9 Å². The number of allylic oxidation sites excluding steroid dienone is 18. The van der Waals surface area contributed by atoms with Crippen LogP contribution in [0.3, 0.4) is 0 Å². The Morgan fingerprint density at radius 3 is 1.02 bits per heavy atom. The van der Waals surface area contributed by atoms with Crippen molar-refractivity contribution in [3.05, 3.63) is 109 Å². The van der Waals surface area contributed by atoms with Crippen LogP contribution in [0.5, 0.6) is 0 Å². The fraction of sp³-hybridized carbons (Fsp3) is 0.638. The molecule has 362 valence electrons. The van der Waals surface area contributed by atoms with Crippen molar-refractivity contribution in [2.24, 2.45) is 0 Å². The molecule has 0 aromatic heterocycles. The molecule has 0 aliphatic heterocycles. The highest BCUT2D eigenvalue weighted by molar-refractivity contribution is 5.71. The summed E-state index contributed by atoms with van der Waals surface area (Å²) < 4.78 is 16.7. The van der Waals surface area contributed by atoms with Crippen molar-refractivity contribution in [1.29, 1.82) is 0 Å². The van der Waals surface area contributed by atoms with Gasteiger partial charge in [-0.1, -0.05) is 220 Å². The third kappa shape index (κ3) is 49.1. The quantitative estimate of drug-likeness (QED) is 0.0199. The Morgan fingerprint density at radius 2 is 0.625 bits per heavy atom. The molecule has 0 spiro atoms. The second-order valence-corrected chi connectivity index (χ2v) is 16.9. The van der Waals surface area contributed by atoms with Gasteiger partial charge in [0.25, 0.3) is 0 Å². The van der Waals surface area contributed by atoms with E-state index in [0.29, 0.717) is 19.3 Å². The second-order valence-electron chi connectivity index (χ2n) is 16.9. The van der Waals surface area contributed by atoms with Crippen molar-refractivity contribution in [3.8, 4) is 0 Å². The Labute approximate surface area is 393 Å². The average molecular weight is 887 g/mol. The van der Waals surface area contributed by atoms with Crippen LogP contribution in [0.2, 0.25) is 0 Å². The predicted molar refractivity (Wildman–Crippen MR) is 274 cm³/mol. The van der Waals surface area contributed by atoms with Gasteiger partial charge in [0.2, 0.25) is 0 Å². The van der Waals surface area contributed by atoms with E-state index in [2.05, 4.69) is 81.5 Å². The lowest BCUT2D eigenvalue weighted by Crippen LogP contribution is -2.30. The van der Waals surface area contributed by atoms with Gasteiger partial charge in [-0.3, -0.25) is 14.4 Å². The summed E-state index contributed by atoms with van der Waals surface area (Å²) in [6.45, 7) is 6.39. The van der Waals surface area contributed by atoms with E-state index in [1.54, 1.807) is 0 Å². The molecule has 6 nitrogen and oxygen atoms in total.